The van der Waals surface area contributed by atoms with Crippen molar-refractivity contribution < 1.29 is 9.90 Å². The Labute approximate surface area is 145 Å². The molecule has 1 heterocycles. The normalized spacial score (nSPS) is 20.6. The SMILES string of the molecule is O=C(O)Cn1ccnc(NC2CC3(CCCC3)c3ccccc32)c1=O. The first-order valence-corrected chi connectivity index (χ1v) is 8.72. The summed E-state index contributed by atoms with van der Waals surface area (Å²) in [5.74, 6) is -0.825. The molecular formula is C19H21N3O3. The van der Waals surface area contributed by atoms with Crippen LogP contribution in [0.25, 0.3) is 0 Å². The highest BCUT2D eigenvalue weighted by Gasteiger charge is 2.45. The summed E-state index contributed by atoms with van der Waals surface area (Å²) < 4.78 is 1.17. The van der Waals surface area contributed by atoms with Crippen LogP contribution < -0.4 is 10.9 Å². The summed E-state index contributed by atoms with van der Waals surface area (Å²) in [6, 6.07) is 8.49. The second-order valence-corrected chi connectivity index (χ2v) is 7.08. The van der Waals surface area contributed by atoms with E-state index in [0.717, 1.165) is 6.42 Å². The highest BCUT2D eigenvalue weighted by molar-refractivity contribution is 5.66. The monoisotopic (exact) mass is 339 g/mol. The van der Waals surface area contributed by atoms with E-state index in [2.05, 4.69) is 28.5 Å². The second kappa shape index (κ2) is 6.02. The molecule has 1 spiro atoms. The van der Waals surface area contributed by atoms with Gasteiger partial charge in [-0.25, -0.2) is 4.98 Å². The van der Waals surface area contributed by atoms with Crippen molar-refractivity contribution in [2.75, 3.05) is 5.32 Å². The molecule has 0 radical (unpaired) electrons. The average molecular weight is 339 g/mol. The Morgan fingerprint density at radius 1 is 1.32 bits per heavy atom. The average Bonchev–Trinajstić information content (AvgIpc) is 3.18. The lowest BCUT2D eigenvalue weighted by Gasteiger charge is -2.24. The Bertz CT molecular complexity index is 868. The van der Waals surface area contributed by atoms with Crippen LogP contribution in [0, 0.1) is 0 Å². The van der Waals surface area contributed by atoms with Crippen molar-refractivity contribution in [3.8, 4) is 0 Å². The molecule has 1 fully saturated rings. The molecule has 1 atom stereocenters. The third-order valence-corrected chi connectivity index (χ3v) is 5.59. The van der Waals surface area contributed by atoms with Gasteiger partial charge in [-0.2, -0.15) is 0 Å². The van der Waals surface area contributed by atoms with Crippen LogP contribution in [-0.4, -0.2) is 20.6 Å². The van der Waals surface area contributed by atoms with Crippen molar-refractivity contribution >= 4 is 11.8 Å². The van der Waals surface area contributed by atoms with E-state index >= 15 is 0 Å². The lowest BCUT2D eigenvalue weighted by molar-refractivity contribution is -0.137. The largest absolute Gasteiger partial charge is 0.480 e. The van der Waals surface area contributed by atoms with Gasteiger partial charge in [0.25, 0.3) is 5.56 Å². The maximum absolute atomic E-state index is 12.5. The number of carboxylic acids is 1. The number of hydrogen-bond acceptors (Lipinski definition) is 4. The van der Waals surface area contributed by atoms with Crippen molar-refractivity contribution in [1.29, 1.82) is 0 Å². The summed E-state index contributed by atoms with van der Waals surface area (Å²) in [5, 5.41) is 12.2. The molecule has 2 aromatic rings. The van der Waals surface area contributed by atoms with E-state index < -0.39 is 11.5 Å². The lowest BCUT2D eigenvalue weighted by atomic mass is 9.80. The maximum atomic E-state index is 12.5. The highest BCUT2D eigenvalue weighted by atomic mass is 16.4. The number of fused-ring (bicyclic) bond motifs is 2. The van der Waals surface area contributed by atoms with Gasteiger partial charge in [-0.3, -0.25) is 14.2 Å². The zero-order chi connectivity index (χ0) is 17.4. The minimum absolute atomic E-state index is 0.0372. The van der Waals surface area contributed by atoms with Crippen molar-refractivity contribution in [2.45, 2.75) is 50.1 Å². The topological polar surface area (TPSA) is 84.2 Å². The number of hydrogen-bond donors (Lipinski definition) is 2. The number of anilines is 1. The minimum Gasteiger partial charge on any atom is -0.480 e. The van der Waals surface area contributed by atoms with Crippen molar-refractivity contribution in [1.82, 2.24) is 9.55 Å². The van der Waals surface area contributed by atoms with E-state index in [-0.39, 0.29) is 23.8 Å². The molecule has 1 unspecified atom stereocenters. The van der Waals surface area contributed by atoms with Gasteiger partial charge >= 0.3 is 5.97 Å². The molecule has 1 aromatic carbocycles. The summed E-state index contributed by atoms with van der Waals surface area (Å²) >= 11 is 0. The number of carbonyl (C=O) groups is 1. The van der Waals surface area contributed by atoms with Gasteiger partial charge in [-0.05, 0) is 35.8 Å². The van der Waals surface area contributed by atoms with Crippen LogP contribution in [0.2, 0.25) is 0 Å². The highest BCUT2D eigenvalue weighted by Crippen LogP contribution is 2.54. The molecule has 1 aromatic heterocycles. The first-order chi connectivity index (χ1) is 12.1. The van der Waals surface area contributed by atoms with Crippen molar-refractivity contribution in [2.24, 2.45) is 0 Å². The molecule has 0 amide bonds. The van der Waals surface area contributed by atoms with Crippen LogP contribution >= 0.6 is 0 Å². The van der Waals surface area contributed by atoms with Crippen LogP contribution in [0.1, 0.15) is 49.3 Å². The molecule has 2 aliphatic rings. The molecule has 0 saturated heterocycles. The molecule has 0 bridgehead atoms. The first kappa shape index (κ1) is 15.9. The fourth-order valence-electron chi connectivity index (χ4n) is 4.53. The Morgan fingerprint density at radius 2 is 2.08 bits per heavy atom. The number of rotatable bonds is 4. The van der Waals surface area contributed by atoms with Gasteiger partial charge in [0.05, 0.1) is 6.04 Å². The summed E-state index contributed by atoms with van der Waals surface area (Å²) in [4.78, 5) is 27.6. The Hall–Kier alpha value is -2.63. The molecule has 4 rings (SSSR count). The quantitative estimate of drug-likeness (QED) is 0.895. The summed E-state index contributed by atoms with van der Waals surface area (Å²) in [6.07, 6.45) is 8.70. The predicted molar refractivity (Wildman–Crippen MR) is 93.7 cm³/mol. The van der Waals surface area contributed by atoms with Gasteiger partial charge in [0.1, 0.15) is 6.54 Å². The summed E-state index contributed by atoms with van der Waals surface area (Å²) in [5.41, 5.74) is 2.45. The number of aliphatic carboxylic acids is 1. The van der Waals surface area contributed by atoms with Gasteiger partial charge in [0, 0.05) is 12.4 Å². The predicted octanol–water partition coefficient (Wildman–Crippen LogP) is 2.70. The standard InChI is InChI=1S/C19H21N3O3/c23-16(24)12-22-10-9-20-17(18(22)25)21-15-11-19(7-3-4-8-19)14-6-2-1-5-13(14)15/h1-2,5-6,9-10,15H,3-4,7-8,11-12H2,(H,20,21)(H,23,24). The first-order valence-electron chi connectivity index (χ1n) is 8.72. The van der Waals surface area contributed by atoms with E-state index in [4.69, 9.17) is 5.11 Å². The van der Waals surface area contributed by atoms with Crippen LogP contribution in [0.15, 0.2) is 41.5 Å². The number of nitrogens with one attached hydrogen (secondary N) is 1. The van der Waals surface area contributed by atoms with E-state index in [1.807, 2.05) is 6.07 Å². The van der Waals surface area contributed by atoms with Crippen LogP contribution in [0.3, 0.4) is 0 Å². The smallest absolute Gasteiger partial charge is 0.323 e. The Morgan fingerprint density at radius 3 is 2.84 bits per heavy atom. The van der Waals surface area contributed by atoms with Gasteiger partial charge in [-0.1, -0.05) is 37.1 Å². The molecule has 25 heavy (non-hydrogen) atoms. The second-order valence-electron chi connectivity index (χ2n) is 7.08. The molecule has 2 N–H and O–H groups in total. The molecule has 130 valence electrons. The zero-order valence-corrected chi connectivity index (χ0v) is 13.9. The number of nitrogens with zero attached hydrogens (tertiary/aromatic N) is 2. The molecule has 0 aliphatic heterocycles. The molecule has 6 heteroatoms. The third kappa shape index (κ3) is 2.71. The van der Waals surface area contributed by atoms with Gasteiger partial charge < -0.3 is 10.4 Å². The lowest BCUT2D eigenvalue weighted by Crippen LogP contribution is -2.28. The van der Waals surface area contributed by atoms with Crippen LogP contribution in [0.5, 0.6) is 0 Å². The molecule has 2 aliphatic carbocycles. The number of benzene rings is 1. The van der Waals surface area contributed by atoms with E-state index in [9.17, 15) is 9.59 Å². The van der Waals surface area contributed by atoms with Crippen LogP contribution in [-0.2, 0) is 16.8 Å². The van der Waals surface area contributed by atoms with E-state index in [0.29, 0.717) is 0 Å². The Balaban J connectivity index is 1.66. The minimum atomic E-state index is -1.05. The van der Waals surface area contributed by atoms with Crippen molar-refractivity contribution in [3.63, 3.8) is 0 Å². The van der Waals surface area contributed by atoms with E-state index in [1.165, 1.54) is 53.8 Å². The summed E-state index contributed by atoms with van der Waals surface area (Å²) in [7, 11) is 0. The van der Waals surface area contributed by atoms with E-state index in [1.54, 1.807) is 0 Å². The van der Waals surface area contributed by atoms with Gasteiger partial charge in [0.2, 0.25) is 0 Å². The van der Waals surface area contributed by atoms with Gasteiger partial charge in [0.15, 0.2) is 5.82 Å². The fourth-order valence-corrected chi connectivity index (χ4v) is 4.53. The molecule has 1 saturated carbocycles. The van der Waals surface area contributed by atoms with Crippen molar-refractivity contribution in [3.05, 3.63) is 58.1 Å². The maximum Gasteiger partial charge on any atom is 0.323 e. The Kier molecular flexibility index (Phi) is 3.82. The fraction of sp³-hybridized carbons (Fsp3) is 0.421. The van der Waals surface area contributed by atoms with Gasteiger partial charge in [-0.15, -0.1) is 0 Å². The third-order valence-electron chi connectivity index (χ3n) is 5.59. The summed E-state index contributed by atoms with van der Waals surface area (Å²) in [6.45, 7) is -0.360. The number of carboxylic acid groups (broad SMARTS) is 1. The molecular weight excluding hydrogens is 318 g/mol. The molecule has 6 nitrogen and oxygen atoms in total. The number of aromatic nitrogens is 2. The van der Waals surface area contributed by atoms with Crippen LogP contribution in [0.4, 0.5) is 5.82 Å². The zero-order valence-electron chi connectivity index (χ0n) is 13.9.